The Morgan fingerprint density at radius 1 is 1.04 bits per heavy atom. The molecule has 4 rings (SSSR count). The summed E-state index contributed by atoms with van der Waals surface area (Å²) in [6, 6.07) is 13.8. The largest absolute Gasteiger partial charge is 0.293 e. The number of fused-ring (bicyclic) bond motifs is 3. The van der Waals surface area contributed by atoms with Crippen molar-refractivity contribution in [2.45, 2.75) is 25.9 Å². The molecule has 0 N–H and O–H groups in total. The highest BCUT2D eigenvalue weighted by Crippen LogP contribution is 2.29. The number of rotatable bonds is 4. The summed E-state index contributed by atoms with van der Waals surface area (Å²) in [5.41, 5.74) is 6.21. The minimum absolute atomic E-state index is 0.0771. The third-order valence-corrected chi connectivity index (χ3v) is 6.05. The second-order valence-corrected chi connectivity index (χ2v) is 8.56. The lowest BCUT2D eigenvalue weighted by Crippen LogP contribution is -2.03. The summed E-state index contributed by atoms with van der Waals surface area (Å²) in [6.45, 7) is 6.31. The van der Waals surface area contributed by atoms with Crippen LogP contribution in [0.5, 0.6) is 0 Å². The Hall–Kier alpha value is -2.18. The van der Waals surface area contributed by atoms with E-state index in [0.29, 0.717) is 11.3 Å². The van der Waals surface area contributed by atoms with E-state index in [0.717, 1.165) is 20.8 Å². The van der Waals surface area contributed by atoms with E-state index >= 15 is 0 Å². The molecule has 0 fully saturated rings. The topological polar surface area (TPSA) is 47.3 Å². The average Bonchev–Trinajstić information content (AvgIpc) is 3.02. The van der Waals surface area contributed by atoms with Crippen molar-refractivity contribution in [3.8, 4) is 0 Å². The van der Waals surface area contributed by atoms with Gasteiger partial charge < -0.3 is 0 Å². The molecule has 0 saturated carbocycles. The molecule has 2 aromatic carbocycles. The molecular weight excluding hydrogens is 422 g/mol. The van der Waals surface area contributed by atoms with Crippen LogP contribution in [-0.2, 0) is 0 Å². The fourth-order valence-electron chi connectivity index (χ4n) is 3.36. The molecule has 2 heterocycles. The van der Waals surface area contributed by atoms with Crippen molar-refractivity contribution in [2.24, 2.45) is 0 Å². The Labute approximate surface area is 170 Å². The summed E-state index contributed by atoms with van der Waals surface area (Å²) in [6.07, 6.45) is 0. The van der Waals surface area contributed by atoms with Gasteiger partial charge in [0.2, 0.25) is 0 Å². The quantitative estimate of drug-likeness (QED) is 0.309. The number of thioether (sulfide) groups is 1. The maximum Gasteiger partial charge on any atom is 0.196 e. The van der Waals surface area contributed by atoms with E-state index in [-0.39, 0.29) is 5.78 Å². The Balaban J connectivity index is 1.73. The molecule has 136 valence electrons. The first-order valence-electron chi connectivity index (χ1n) is 8.61. The van der Waals surface area contributed by atoms with Crippen LogP contribution < -0.4 is 0 Å². The Bertz CT molecular complexity index is 1180. The molecule has 4 nitrogen and oxygen atoms in total. The molecule has 6 heteroatoms. The predicted octanol–water partition coefficient (Wildman–Crippen LogP) is 5.55. The van der Waals surface area contributed by atoms with E-state index in [4.69, 9.17) is 0 Å². The smallest absolute Gasteiger partial charge is 0.196 e. The molecule has 0 aliphatic heterocycles. The van der Waals surface area contributed by atoms with E-state index in [2.05, 4.69) is 69.5 Å². The number of nitrogens with zero attached hydrogens (tertiary/aromatic N) is 3. The molecule has 0 aliphatic rings. The van der Waals surface area contributed by atoms with Crippen LogP contribution in [0.25, 0.3) is 16.6 Å². The highest BCUT2D eigenvalue weighted by Gasteiger charge is 2.15. The molecule has 0 aliphatic carbocycles. The maximum atomic E-state index is 12.5. The van der Waals surface area contributed by atoms with Gasteiger partial charge in [0.15, 0.2) is 16.6 Å². The van der Waals surface area contributed by atoms with Crippen LogP contribution in [0.1, 0.15) is 27.0 Å². The molecule has 4 aromatic rings. The van der Waals surface area contributed by atoms with Crippen LogP contribution >= 0.6 is 27.7 Å². The molecule has 2 aromatic heterocycles. The minimum atomic E-state index is 0.0771. The summed E-state index contributed by atoms with van der Waals surface area (Å²) in [5.74, 6) is 0.399. The van der Waals surface area contributed by atoms with Crippen LogP contribution in [0.3, 0.4) is 0 Å². The SMILES string of the molecule is Cc1cc(C)c2c(c1)c(C)cc1nnc(SCC(=O)c3ccc(Br)cc3)n12. The lowest BCUT2D eigenvalue weighted by Gasteiger charge is -2.11. The van der Waals surface area contributed by atoms with E-state index < -0.39 is 0 Å². The van der Waals surface area contributed by atoms with E-state index in [1.807, 2.05) is 24.3 Å². The normalized spacial score (nSPS) is 11.4. The first-order chi connectivity index (χ1) is 12.9. The van der Waals surface area contributed by atoms with Gasteiger partial charge in [-0.2, -0.15) is 0 Å². The van der Waals surface area contributed by atoms with Crippen molar-refractivity contribution in [1.82, 2.24) is 14.6 Å². The molecule has 0 bridgehead atoms. The Kier molecular flexibility index (Phi) is 4.78. The molecule has 0 amide bonds. The van der Waals surface area contributed by atoms with Gasteiger partial charge in [0.05, 0.1) is 11.3 Å². The second-order valence-electron chi connectivity index (χ2n) is 6.70. The number of benzene rings is 2. The van der Waals surface area contributed by atoms with Crippen molar-refractivity contribution in [3.63, 3.8) is 0 Å². The number of hydrogen-bond acceptors (Lipinski definition) is 4. The van der Waals surface area contributed by atoms with Gasteiger partial charge >= 0.3 is 0 Å². The molecule has 0 saturated heterocycles. The van der Waals surface area contributed by atoms with Gasteiger partial charge in [-0.05, 0) is 56.2 Å². The van der Waals surface area contributed by atoms with Crippen molar-refractivity contribution in [3.05, 3.63) is 69.2 Å². The molecule has 27 heavy (non-hydrogen) atoms. The van der Waals surface area contributed by atoms with Crippen LogP contribution in [0.15, 0.2) is 52.1 Å². The zero-order valence-corrected chi connectivity index (χ0v) is 17.7. The Morgan fingerprint density at radius 2 is 1.78 bits per heavy atom. The highest BCUT2D eigenvalue weighted by atomic mass is 79.9. The minimum Gasteiger partial charge on any atom is -0.293 e. The van der Waals surface area contributed by atoms with Gasteiger partial charge in [-0.25, -0.2) is 0 Å². The molecule has 0 atom stereocenters. The van der Waals surface area contributed by atoms with Crippen LogP contribution in [0.4, 0.5) is 0 Å². The first-order valence-corrected chi connectivity index (χ1v) is 10.4. The summed E-state index contributed by atoms with van der Waals surface area (Å²) < 4.78 is 3.03. The van der Waals surface area contributed by atoms with Crippen molar-refractivity contribution < 1.29 is 4.79 Å². The highest BCUT2D eigenvalue weighted by molar-refractivity contribution is 9.10. The molecular formula is C21H18BrN3OS. The fraction of sp³-hybridized carbons (Fsp3) is 0.190. The lowest BCUT2D eigenvalue weighted by molar-refractivity contribution is 0.102. The van der Waals surface area contributed by atoms with Crippen LogP contribution in [-0.4, -0.2) is 26.1 Å². The fourth-order valence-corrected chi connectivity index (χ4v) is 4.46. The average molecular weight is 440 g/mol. The number of Topliss-reactive ketones (excluding diaryl/α,β-unsaturated/α-hetero) is 1. The second kappa shape index (κ2) is 7.09. The molecule has 0 spiro atoms. The summed E-state index contributed by atoms with van der Waals surface area (Å²) >= 11 is 4.82. The maximum absolute atomic E-state index is 12.5. The molecule has 0 unspecified atom stereocenters. The Morgan fingerprint density at radius 3 is 2.52 bits per heavy atom. The monoisotopic (exact) mass is 439 g/mol. The van der Waals surface area contributed by atoms with E-state index in [1.165, 1.54) is 33.8 Å². The van der Waals surface area contributed by atoms with Crippen molar-refractivity contribution in [1.29, 1.82) is 0 Å². The van der Waals surface area contributed by atoms with Crippen LogP contribution in [0, 0.1) is 20.8 Å². The van der Waals surface area contributed by atoms with Gasteiger partial charge in [-0.15, -0.1) is 10.2 Å². The number of ketones is 1. The number of pyridine rings is 1. The standard InChI is InChI=1S/C21H18BrN3OS/c1-12-8-14(3)20-17(9-12)13(2)10-19-23-24-21(25(19)20)27-11-18(26)15-4-6-16(22)7-5-15/h4-10H,11H2,1-3H3. The van der Waals surface area contributed by atoms with Crippen LogP contribution in [0.2, 0.25) is 0 Å². The van der Waals surface area contributed by atoms with Gasteiger partial charge in [-0.1, -0.05) is 51.5 Å². The van der Waals surface area contributed by atoms with Crippen molar-refractivity contribution >= 4 is 50.0 Å². The third kappa shape index (κ3) is 3.39. The van der Waals surface area contributed by atoms with Gasteiger partial charge in [0, 0.05) is 15.4 Å². The summed E-state index contributed by atoms with van der Waals surface area (Å²) in [4.78, 5) is 12.5. The zero-order valence-electron chi connectivity index (χ0n) is 15.3. The number of halogens is 1. The summed E-state index contributed by atoms with van der Waals surface area (Å²) in [5, 5.41) is 10.6. The van der Waals surface area contributed by atoms with Gasteiger partial charge in [-0.3, -0.25) is 9.20 Å². The summed E-state index contributed by atoms with van der Waals surface area (Å²) in [7, 11) is 0. The van der Waals surface area contributed by atoms with Crippen molar-refractivity contribution in [2.75, 3.05) is 5.75 Å². The van der Waals surface area contributed by atoms with Gasteiger partial charge in [0.1, 0.15) is 0 Å². The number of carbonyl (C=O) groups is 1. The number of hydrogen-bond donors (Lipinski definition) is 0. The number of aromatic nitrogens is 3. The first kappa shape index (κ1) is 18.2. The predicted molar refractivity (Wildman–Crippen MR) is 114 cm³/mol. The van der Waals surface area contributed by atoms with E-state index in [1.54, 1.807) is 0 Å². The third-order valence-electron chi connectivity index (χ3n) is 4.60. The lowest BCUT2D eigenvalue weighted by atomic mass is 10.0. The zero-order chi connectivity index (χ0) is 19.1. The number of aryl methyl sites for hydroxylation is 3. The van der Waals surface area contributed by atoms with Gasteiger partial charge in [0.25, 0.3) is 0 Å². The van der Waals surface area contributed by atoms with E-state index in [9.17, 15) is 4.79 Å². The number of carbonyl (C=O) groups excluding carboxylic acids is 1. The molecule has 0 radical (unpaired) electrons.